The first kappa shape index (κ1) is 7.77. The summed E-state index contributed by atoms with van der Waals surface area (Å²) < 4.78 is 0. The summed E-state index contributed by atoms with van der Waals surface area (Å²) in [5.41, 5.74) is 1.24. The standard InChI is InChI=1S/C10H13NO/c12-8-10(6-11-7-10)9-4-2-1-3-5-9/h1-5,11-12H,6-8H2. The van der Waals surface area contributed by atoms with Gasteiger partial charge in [0.2, 0.25) is 0 Å². The minimum atomic E-state index is 0.00125. The molecule has 0 spiro atoms. The highest BCUT2D eigenvalue weighted by Gasteiger charge is 2.37. The Morgan fingerprint density at radius 3 is 2.33 bits per heavy atom. The predicted octanol–water partition coefficient (Wildman–Crippen LogP) is 0.520. The van der Waals surface area contributed by atoms with Gasteiger partial charge in [0.25, 0.3) is 0 Å². The summed E-state index contributed by atoms with van der Waals surface area (Å²) in [6.07, 6.45) is 0. The maximum atomic E-state index is 9.25. The number of benzene rings is 1. The molecule has 2 N–H and O–H groups in total. The second-order valence-corrected chi connectivity index (χ2v) is 3.41. The van der Waals surface area contributed by atoms with E-state index in [1.807, 2.05) is 18.2 Å². The first-order chi connectivity index (χ1) is 5.87. The van der Waals surface area contributed by atoms with Gasteiger partial charge in [0.05, 0.1) is 6.61 Å². The Balaban J connectivity index is 2.28. The van der Waals surface area contributed by atoms with E-state index in [4.69, 9.17) is 0 Å². The minimum absolute atomic E-state index is 0.00125. The van der Waals surface area contributed by atoms with Gasteiger partial charge in [-0.2, -0.15) is 0 Å². The van der Waals surface area contributed by atoms with Crippen molar-refractivity contribution in [1.29, 1.82) is 0 Å². The molecule has 2 nitrogen and oxygen atoms in total. The quantitative estimate of drug-likeness (QED) is 0.666. The van der Waals surface area contributed by atoms with E-state index in [1.54, 1.807) is 0 Å². The van der Waals surface area contributed by atoms with Crippen LogP contribution in [-0.2, 0) is 5.41 Å². The zero-order valence-electron chi connectivity index (χ0n) is 6.96. The summed E-state index contributed by atoms with van der Waals surface area (Å²) in [6, 6.07) is 10.2. The van der Waals surface area contributed by atoms with E-state index < -0.39 is 0 Å². The van der Waals surface area contributed by atoms with Gasteiger partial charge in [0, 0.05) is 18.5 Å². The SMILES string of the molecule is OCC1(c2ccccc2)CNC1. The third-order valence-corrected chi connectivity index (χ3v) is 2.62. The molecule has 0 radical (unpaired) electrons. The van der Waals surface area contributed by atoms with Crippen molar-refractivity contribution in [2.75, 3.05) is 19.7 Å². The Morgan fingerprint density at radius 1 is 1.25 bits per heavy atom. The summed E-state index contributed by atoms with van der Waals surface area (Å²) >= 11 is 0. The Hall–Kier alpha value is -0.860. The van der Waals surface area contributed by atoms with E-state index in [0.29, 0.717) is 0 Å². The lowest BCUT2D eigenvalue weighted by Crippen LogP contribution is -2.59. The van der Waals surface area contributed by atoms with Gasteiger partial charge in [-0.1, -0.05) is 30.3 Å². The summed E-state index contributed by atoms with van der Waals surface area (Å²) in [5.74, 6) is 0. The summed E-state index contributed by atoms with van der Waals surface area (Å²) in [5, 5.41) is 12.4. The molecule has 0 atom stereocenters. The molecule has 0 aliphatic carbocycles. The van der Waals surface area contributed by atoms with E-state index in [2.05, 4.69) is 17.4 Å². The fourth-order valence-electron chi connectivity index (χ4n) is 1.63. The van der Waals surface area contributed by atoms with Gasteiger partial charge in [-0.15, -0.1) is 0 Å². The highest BCUT2D eigenvalue weighted by atomic mass is 16.3. The normalized spacial score (nSPS) is 20.1. The lowest BCUT2D eigenvalue weighted by molar-refractivity contribution is 0.140. The third-order valence-electron chi connectivity index (χ3n) is 2.62. The smallest absolute Gasteiger partial charge is 0.0552 e. The van der Waals surface area contributed by atoms with E-state index >= 15 is 0 Å². The number of rotatable bonds is 2. The van der Waals surface area contributed by atoms with Crippen LogP contribution < -0.4 is 5.32 Å². The van der Waals surface area contributed by atoms with E-state index in [1.165, 1.54) is 5.56 Å². The molecule has 1 aromatic carbocycles. The van der Waals surface area contributed by atoms with Crippen molar-refractivity contribution in [2.24, 2.45) is 0 Å². The molecule has 12 heavy (non-hydrogen) atoms. The maximum Gasteiger partial charge on any atom is 0.0552 e. The molecular formula is C10H13NO. The number of aliphatic hydroxyl groups is 1. The molecule has 1 heterocycles. The zero-order valence-corrected chi connectivity index (χ0v) is 6.96. The van der Waals surface area contributed by atoms with Gasteiger partial charge in [0.15, 0.2) is 0 Å². The van der Waals surface area contributed by atoms with Crippen molar-refractivity contribution in [2.45, 2.75) is 5.41 Å². The van der Waals surface area contributed by atoms with Crippen LogP contribution in [0.3, 0.4) is 0 Å². The molecule has 0 amide bonds. The summed E-state index contributed by atoms with van der Waals surface area (Å²) in [7, 11) is 0. The van der Waals surface area contributed by atoms with Gasteiger partial charge in [-0.05, 0) is 5.56 Å². The lowest BCUT2D eigenvalue weighted by Gasteiger charge is -2.41. The molecular weight excluding hydrogens is 150 g/mol. The van der Waals surface area contributed by atoms with E-state index in [9.17, 15) is 5.11 Å². The fourth-order valence-corrected chi connectivity index (χ4v) is 1.63. The molecule has 0 aromatic heterocycles. The van der Waals surface area contributed by atoms with Crippen molar-refractivity contribution in [1.82, 2.24) is 5.32 Å². The van der Waals surface area contributed by atoms with Crippen LogP contribution in [0.25, 0.3) is 0 Å². The van der Waals surface area contributed by atoms with E-state index in [-0.39, 0.29) is 12.0 Å². The molecule has 1 fully saturated rings. The Kier molecular flexibility index (Phi) is 1.87. The van der Waals surface area contributed by atoms with E-state index in [0.717, 1.165) is 13.1 Å². The number of aliphatic hydroxyl groups excluding tert-OH is 1. The second kappa shape index (κ2) is 2.88. The fraction of sp³-hybridized carbons (Fsp3) is 0.400. The largest absolute Gasteiger partial charge is 0.395 e. The first-order valence-corrected chi connectivity index (χ1v) is 4.24. The van der Waals surface area contributed by atoms with Crippen LogP contribution in [0.2, 0.25) is 0 Å². The number of nitrogens with one attached hydrogen (secondary N) is 1. The van der Waals surface area contributed by atoms with Crippen LogP contribution in [0.1, 0.15) is 5.56 Å². The first-order valence-electron chi connectivity index (χ1n) is 4.24. The number of hydrogen-bond donors (Lipinski definition) is 2. The van der Waals surface area contributed by atoms with Crippen LogP contribution in [0.15, 0.2) is 30.3 Å². The topological polar surface area (TPSA) is 32.3 Å². The molecule has 1 aromatic rings. The van der Waals surface area contributed by atoms with Crippen molar-refractivity contribution < 1.29 is 5.11 Å². The highest BCUT2D eigenvalue weighted by Crippen LogP contribution is 2.27. The van der Waals surface area contributed by atoms with Gasteiger partial charge >= 0.3 is 0 Å². The predicted molar refractivity (Wildman–Crippen MR) is 48.1 cm³/mol. The van der Waals surface area contributed by atoms with Crippen LogP contribution >= 0.6 is 0 Å². The molecule has 2 heteroatoms. The van der Waals surface area contributed by atoms with Crippen molar-refractivity contribution in [3.63, 3.8) is 0 Å². The monoisotopic (exact) mass is 163 g/mol. The molecule has 0 unspecified atom stereocenters. The number of hydrogen-bond acceptors (Lipinski definition) is 2. The molecule has 1 aliphatic heterocycles. The van der Waals surface area contributed by atoms with Crippen LogP contribution in [-0.4, -0.2) is 24.8 Å². The molecule has 64 valence electrons. The minimum Gasteiger partial charge on any atom is -0.395 e. The lowest BCUT2D eigenvalue weighted by atomic mass is 9.76. The van der Waals surface area contributed by atoms with Crippen LogP contribution in [0.4, 0.5) is 0 Å². The van der Waals surface area contributed by atoms with Crippen LogP contribution in [0.5, 0.6) is 0 Å². The third kappa shape index (κ3) is 1.04. The van der Waals surface area contributed by atoms with Crippen molar-refractivity contribution >= 4 is 0 Å². The Morgan fingerprint density at radius 2 is 1.92 bits per heavy atom. The zero-order chi connectivity index (χ0) is 8.44. The second-order valence-electron chi connectivity index (χ2n) is 3.41. The van der Waals surface area contributed by atoms with Crippen molar-refractivity contribution in [3.05, 3.63) is 35.9 Å². The average Bonchev–Trinajstić information content (AvgIpc) is 2.05. The Labute approximate surface area is 72.2 Å². The molecule has 0 bridgehead atoms. The van der Waals surface area contributed by atoms with Crippen LogP contribution in [0, 0.1) is 0 Å². The summed E-state index contributed by atoms with van der Waals surface area (Å²) in [6.45, 7) is 2.03. The van der Waals surface area contributed by atoms with Gasteiger partial charge in [-0.3, -0.25) is 0 Å². The maximum absolute atomic E-state index is 9.25. The average molecular weight is 163 g/mol. The molecule has 1 aliphatic rings. The molecule has 2 rings (SSSR count). The van der Waals surface area contributed by atoms with Gasteiger partial charge in [-0.25, -0.2) is 0 Å². The summed E-state index contributed by atoms with van der Waals surface area (Å²) in [4.78, 5) is 0. The molecule has 1 saturated heterocycles. The van der Waals surface area contributed by atoms with Gasteiger partial charge in [0.1, 0.15) is 0 Å². The van der Waals surface area contributed by atoms with Crippen molar-refractivity contribution in [3.8, 4) is 0 Å². The molecule has 0 saturated carbocycles. The highest BCUT2D eigenvalue weighted by molar-refractivity contribution is 5.29. The Bertz CT molecular complexity index is 248. The van der Waals surface area contributed by atoms with Gasteiger partial charge < -0.3 is 10.4 Å².